The van der Waals surface area contributed by atoms with Gasteiger partial charge < -0.3 is 9.84 Å². The highest BCUT2D eigenvalue weighted by Crippen LogP contribution is 2.28. The average molecular weight is 247 g/mol. The van der Waals surface area contributed by atoms with Crippen molar-refractivity contribution in [2.45, 2.75) is 13.0 Å². The second-order valence-corrected chi connectivity index (χ2v) is 4.62. The van der Waals surface area contributed by atoms with Gasteiger partial charge in [-0.3, -0.25) is 0 Å². The van der Waals surface area contributed by atoms with Crippen LogP contribution in [0.2, 0.25) is 5.02 Å². The lowest BCUT2D eigenvalue weighted by molar-refractivity contribution is 0.192. The summed E-state index contributed by atoms with van der Waals surface area (Å²) in [6, 6.07) is 5.30. The van der Waals surface area contributed by atoms with E-state index in [9.17, 15) is 5.11 Å². The van der Waals surface area contributed by atoms with Crippen molar-refractivity contribution >= 4 is 23.4 Å². The molecule has 0 fully saturated rings. The van der Waals surface area contributed by atoms with Crippen molar-refractivity contribution in [2.24, 2.45) is 0 Å². The van der Waals surface area contributed by atoms with E-state index >= 15 is 0 Å². The standard InChI is InChI=1S/C11H15ClO2S/c1-8(13)10-7-9(12)3-4-11(10)14-5-6-15-2/h3-4,7-8,13H,5-6H2,1-2H3. The summed E-state index contributed by atoms with van der Waals surface area (Å²) in [7, 11) is 0. The molecule has 1 aromatic carbocycles. The van der Waals surface area contributed by atoms with Crippen molar-refractivity contribution in [1.82, 2.24) is 0 Å². The first-order valence-corrected chi connectivity index (χ1v) is 6.51. The number of aliphatic hydroxyl groups excluding tert-OH is 1. The quantitative estimate of drug-likeness (QED) is 0.810. The van der Waals surface area contributed by atoms with Gasteiger partial charge in [0.05, 0.1) is 12.7 Å². The van der Waals surface area contributed by atoms with Gasteiger partial charge in [-0.25, -0.2) is 0 Å². The SMILES string of the molecule is CSCCOc1ccc(Cl)cc1C(C)O. The fourth-order valence-electron chi connectivity index (χ4n) is 1.21. The average Bonchev–Trinajstić information content (AvgIpc) is 2.20. The summed E-state index contributed by atoms with van der Waals surface area (Å²) in [4.78, 5) is 0. The predicted octanol–water partition coefficient (Wildman–Crippen LogP) is 3.14. The third-order valence-corrected chi connectivity index (χ3v) is 2.78. The Hall–Kier alpha value is -0.380. The molecule has 1 rings (SSSR count). The fraction of sp³-hybridized carbons (Fsp3) is 0.455. The Kier molecular flexibility index (Phi) is 5.29. The molecule has 0 saturated heterocycles. The Labute approximate surface area is 99.6 Å². The largest absolute Gasteiger partial charge is 0.492 e. The molecule has 0 aliphatic rings. The number of ether oxygens (including phenoxy) is 1. The Morgan fingerprint density at radius 3 is 2.87 bits per heavy atom. The zero-order valence-corrected chi connectivity index (χ0v) is 10.4. The normalized spacial score (nSPS) is 12.5. The summed E-state index contributed by atoms with van der Waals surface area (Å²) in [6.07, 6.45) is 1.47. The molecule has 15 heavy (non-hydrogen) atoms. The molecule has 1 atom stereocenters. The molecule has 0 heterocycles. The summed E-state index contributed by atoms with van der Waals surface area (Å²) in [5.74, 6) is 1.64. The number of hydrogen-bond acceptors (Lipinski definition) is 3. The summed E-state index contributed by atoms with van der Waals surface area (Å²) < 4.78 is 5.55. The molecular formula is C11H15ClO2S. The molecule has 84 valence electrons. The van der Waals surface area contributed by atoms with Gasteiger partial charge in [-0.1, -0.05) is 11.6 Å². The van der Waals surface area contributed by atoms with E-state index in [1.807, 2.05) is 6.26 Å². The van der Waals surface area contributed by atoms with Crippen LogP contribution in [0, 0.1) is 0 Å². The van der Waals surface area contributed by atoms with Crippen LogP contribution < -0.4 is 4.74 Å². The molecule has 0 aliphatic carbocycles. The molecule has 0 aliphatic heterocycles. The van der Waals surface area contributed by atoms with E-state index in [-0.39, 0.29) is 0 Å². The molecule has 0 amide bonds. The minimum absolute atomic E-state index is 0.562. The Bertz CT molecular complexity index is 315. The lowest BCUT2D eigenvalue weighted by Crippen LogP contribution is -2.03. The topological polar surface area (TPSA) is 29.5 Å². The van der Waals surface area contributed by atoms with Crippen molar-refractivity contribution in [3.8, 4) is 5.75 Å². The molecule has 1 aromatic rings. The van der Waals surface area contributed by atoms with Crippen LogP contribution in [-0.2, 0) is 0 Å². The fourth-order valence-corrected chi connectivity index (χ4v) is 1.64. The van der Waals surface area contributed by atoms with E-state index in [0.717, 1.165) is 11.3 Å². The first-order chi connectivity index (χ1) is 7.15. The van der Waals surface area contributed by atoms with E-state index in [1.54, 1.807) is 36.9 Å². The molecule has 0 spiro atoms. The highest BCUT2D eigenvalue weighted by Gasteiger charge is 2.09. The van der Waals surface area contributed by atoms with E-state index < -0.39 is 6.10 Å². The smallest absolute Gasteiger partial charge is 0.125 e. The lowest BCUT2D eigenvalue weighted by Gasteiger charge is -2.13. The van der Waals surface area contributed by atoms with Gasteiger partial charge in [-0.15, -0.1) is 0 Å². The highest BCUT2D eigenvalue weighted by atomic mass is 35.5. The number of hydrogen-bond donors (Lipinski definition) is 1. The number of benzene rings is 1. The maximum Gasteiger partial charge on any atom is 0.125 e. The van der Waals surface area contributed by atoms with Gasteiger partial charge in [0.1, 0.15) is 5.75 Å². The van der Waals surface area contributed by atoms with E-state index in [4.69, 9.17) is 16.3 Å². The maximum absolute atomic E-state index is 9.54. The van der Waals surface area contributed by atoms with Crippen LogP contribution in [0.5, 0.6) is 5.75 Å². The number of aliphatic hydroxyl groups is 1. The molecule has 0 saturated carbocycles. The Morgan fingerprint density at radius 2 is 2.27 bits per heavy atom. The summed E-state index contributed by atoms with van der Waals surface area (Å²) in [6.45, 7) is 2.34. The van der Waals surface area contributed by atoms with Crippen LogP contribution in [-0.4, -0.2) is 23.7 Å². The minimum Gasteiger partial charge on any atom is -0.492 e. The van der Waals surface area contributed by atoms with Crippen molar-refractivity contribution in [1.29, 1.82) is 0 Å². The van der Waals surface area contributed by atoms with Gasteiger partial charge in [-0.05, 0) is 31.4 Å². The van der Waals surface area contributed by atoms with Crippen LogP contribution in [0.4, 0.5) is 0 Å². The van der Waals surface area contributed by atoms with Crippen LogP contribution >= 0.6 is 23.4 Å². The zero-order chi connectivity index (χ0) is 11.3. The van der Waals surface area contributed by atoms with Crippen molar-refractivity contribution in [3.63, 3.8) is 0 Å². The van der Waals surface area contributed by atoms with Gasteiger partial charge in [0.15, 0.2) is 0 Å². The van der Waals surface area contributed by atoms with Gasteiger partial charge in [-0.2, -0.15) is 11.8 Å². The van der Waals surface area contributed by atoms with E-state index in [1.165, 1.54) is 0 Å². The van der Waals surface area contributed by atoms with Crippen LogP contribution in [0.15, 0.2) is 18.2 Å². The van der Waals surface area contributed by atoms with Gasteiger partial charge in [0, 0.05) is 16.3 Å². The van der Waals surface area contributed by atoms with Gasteiger partial charge in [0.2, 0.25) is 0 Å². The monoisotopic (exact) mass is 246 g/mol. The lowest BCUT2D eigenvalue weighted by atomic mass is 10.1. The summed E-state index contributed by atoms with van der Waals surface area (Å²) in [5, 5.41) is 10.2. The van der Waals surface area contributed by atoms with E-state index in [2.05, 4.69) is 0 Å². The molecule has 1 N–H and O–H groups in total. The third kappa shape index (κ3) is 3.93. The second kappa shape index (κ2) is 6.26. The second-order valence-electron chi connectivity index (χ2n) is 3.20. The molecule has 0 radical (unpaired) electrons. The molecule has 2 nitrogen and oxygen atoms in total. The maximum atomic E-state index is 9.54. The summed E-state index contributed by atoms with van der Waals surface area (Å²) in [5.41, 5.74) is 0.739. The minimum atomic E-state index is -0.562. The summed E-state index contributed by atoms with van der Waals surface area (Å²) >= 11 is 7.58. The van der Waals surface area contributed by atoms with E-state index in [0.29, 0.717) is 17.4 Å². The molecule has 4 heteroatoms. The van der Waals surface area contributed by atoms with Crippen LogP contribution in [0.25, 0.3) is 0 Å². The molecular weight excluding hydrogens is 232 g/mol. The van der Waals surface area contributed by atoms with Gasteiger partial charge >= 0.3 is 0 Å². The highest BCUT2D eigenvalue weighted by molar-refractivity contribution is 7.98. The van der Waals surface area contributed by atoms with Crippen molar-refractivity contribution in [2.75, 3.05) is 18.6 Å². The molecule has 0 aromatic heterocycles. The van der Waals surface area contributed by atoms with Gasteiger partial charge in [0.25, 0.3) is 0 Å². The number of halogens is 1. The number of thioether (sulfide) groups is 1. The Balaban J connectivity index is 2.77. The zero-order valence-electron chi connectivity index (χ0n) is 8.87. The van der Waals surface area contributed by atoms with Crippen LogP contribution in [0.1, 0.15) is 18.6 Å². The van der Waals surface area contributed by atoms with Crippen molar-refractivity contribution < 1.29 is 9.84 Å². The van der Waals surface area contributed by atoms with Crippen molar-refractivity contribution in [3.05, 3.63) is 28.8 Å². The molecule has 0 bridgehead atoms. The Morgan fingerprint density at radius 1 is 1.53 bits per heavy atom. The first-order valence-electron chi connectivity index (χ1n) is 4.74. The number of rotatable bonds is 5. The first kappa shape index (κ1) is 12.7. The van der Waals surface area contributed by atoms with Crippen LogP contribution in [0.3, 0.4) is 0 Å². The third-order valence-electron chi connectivity index (χ3n) is 1.97. The predicted molar refractivity (Wildman–Crippen MR) is 66.0 cm³/mol. The molecule has 1 unspecified atom stereocenters.